The molecule has 0 aliphatic rings. The molecule has 0 aromatic heterocycles. The molecule has 0 heterocycles. The van der Waals surface area contributed by atoms with Crippen LogP contribution >= 0.6 is 0 Å². The van der Waals surface area contributed by atoms with Gasteiger partial charge in [-0.25, -0.2) is 4.79 Å². The number of aryl methyl sites for hydroxylation is 1. The number of nitrogen functional groups attached to an aromatic ring is 1. The number of nitrogens with one attached hydrogen (secondary N) is 1. The summed E-state index contributed by atoms with van der Waals surface area (Å²) in [6.45, 7) is 3.68. The van der Waals surface area contributed by atoms with Crippen molar-refractivity contribution in [3.63, 3.8) is 0 Å². The van der Waals surface area contributed by atoms with E-state index in [1.807, 2.05) is 0 Å². The molecule has 0 saturated heterocycles. The van der Waals surface area contributed by atoms with Crippen molar-refractivity contribution in [1.29, 1.82) is 0 Å². The van der Waals surface area contributed by atoms with E-state index in [1.54, 1.807) is 13.0 Å². The number of anilines is 1. The van der Waals surface area contributed by atoms with Gasteiger partial charge in [0.05, 0.1) is 11.3 Å². The normalized spacial score (nSPS) is 9.37. The van der Waals surface area contributed by atoms with Crippen LogP contribution in [0.2, 0.25) is 0 Å². The highest BCUT2D eigenvalue weighted by Crippen LogP contribution is 2.19. The molecule has 1 aromatic carbocycles. The summed E-state index contributed by atoms with van der Waals surface area (Å²) in [5.41, 5.74) is 7.29. The molecule has 0 atom stereocenters. The number of nitrogens with two attached hydrogens (primary N) is 1. The smallest absolute Gasteiger partial charge is 0.337 e. The first-order chi connectivity index (χ1) is 8.91. The largest absolute Gasteiger partial charge is 0.478 e. The van der Waals surface area contributed by atoms with Gasteiger partial charge in [-0.2, -0.15) is 0 Å². The summed E-state index contributed by atoms with van der Waals surface area (Å²) in [6, 6.07) is 3.26. The van der Waals surface area contributed by atoms with Gasteiger partial charge in [-0.15, -0.1) is 0 Å². The Morgan fingerprint density at radius 2 is 2.11 bits per heavy atom. The number of hydrogen-bond donors (Lipinski definition) is 3. The van der Waals surface area contributed by atoms with Crippen molar-refractivity contribution in [3.05, 3.63) is 28.8 Å². The second-order valence-electron chi connectivity index (χ2n) is 4.11. The highest BCUT2D eigenvalue weighted by Gasteiger charge is 2.11. The fourth-order valence-electron chi connectivity index (χ4n) is 1.54. The first kappa shape index (κ1) is 14.6. The van der Waals surface area contributed by atoms with Crippen molar-refractivity contribution < 1.29 is 14.7 Å². The monoisotopic (exact) mass is 260 g/mol. The van der Waals surface area contributed by atoms with E-state index >= 15 is 0 Å². The summed E-state index contributed by atoms with van der Waals surface area (Å²) in [5.74, 6) is 4.51. The molecule has 5 nitrogen and oxygen atoms in total. The summed E-state index contributed by atoms with van der Waals surface area (Å²) in [7, 11) is 0. The minimum absolute atomic E-state index is 0.0613. The number of hydrogen-bond acceptors (Lipinski definition) is 3. The van der Waals surface area contributed by atoms with Gasteiger partial charge in [0.25, 0.3) is 0 Å². The molecule has 0 aliphatic heterocycles. The van der Waals surface area contributed by atoms with Crippen LogP contribution in [0.5, 0.6) is 0 Å². The number of amides is 1. The average Bonchev–Trinajstić information content (AvgIpc) is 2.31. The van der Waals surface area contributed by atoms with Crippen molar-refractivity contribution in [2.24, 2.45) is 0 Å². The van der Waals surface area contributed by atoms with Gasteiger partial charge >= 0.3 is 5.97 Å². The first-order valence-corrected chi connectivity index (χ1v) is 5.78. The van der Waals surface area contributed by atoms with E-state index in [0.29, 0.717) is 18.5 Å². The van der Waals surface area contributed by atoms with Crippen LogP contribution in [-0.2, 0) is 4.79 Å². The highest BCUT2D eigenvalue weighted by atomic mass is 16.4. The predicted molar refractivity (Wildman–Crippen MR) is 72.7 cm³/mol. The number of carbonyl (C=O) groups is 2. The molecule has 0 unspecified atom stereocenters. The Balaban J connectivity index is 2.87. The maximum Gasteiger partial charge on any atom is 0.337 e. The van der Waals surface area contributed by atoms with E-state index in [9.17, 15) is 9.59 Å². The molecule has 0 fully saturated rings. The van der Waals surface area contributed by atoms with Gasteiger partial charge in [-0.1, -0.05) is 11.8 Å². The summed E-state index contributed by atoms with van der Waals surface area (Å²) in [6.07, 6.45) is 0.482. The summed E-state index contributed by atoms with van der Waals surface area (Å²) in [5, 5.41) is 11.6. The van der Waals surface area contributed by atoms with Gasteiger partial charge < -0.3 is 16.2 Å². The van der Waals surface area contributed by atoms with Crippen LogP contribution in [-0.4, -0.2) is 23.5 Å². The lowest BCUT2D eigenvalue weighted by Gasteiger charge is -2.05. The molecule has 100 valence electrons. The molecular weight excluding hydrogens is 244 g/mol. The lowest BCUT2D eigenvalue weighted by atomic mass is 10.0. The Morgan fingerprint density at radius 3 is 2.68 bits per heavy atom. The fourth-order valence-corrected chi connectivity index (χ4v) is 1.54. The van der Waals surface area contributed by atoms with Crippen LogP contribution in [0, 0.1) is 18.8 Å². The molecule has 0 bridgehead atoms. The number of carboxylic acids is 1. The van der Waals surface area contributed by atoms with Gasteiger partial charge in [0.2, 0.25) is 5.91 Å². The Bertz CT molecular complexity index is 568. The van der Waals surface area contributed by atoms with E-state index in [2.05, 4.69) is 17.2 Å². The molecule has 1 aromatic rings. The average molecular weight is 260 g/mol. The molecule has 0 aliphatic carbocycles. The van der Waals surface area contributed by atoms with E-state index in [0.717, 1.165) is 5.56 Å². The van der Waals surface area contributed by atoms with Gasteiger partial charge in [0, 0.05) is 25.5 Å². The fraction of sp³-hybridized carbons (Fsp3) is 0.286. The SMILES string of the molecule is CC(=O)NCCC#Cc1cc(C)cc(C(=O)O)c1N. The van der Waals surface area contributed by atoms with Gasteiger partial charge in [0.1, 0.15) is 0 Å². The Labute approximate surface area is 111 Å². The highest BCUT2D eigenvalue weighted by molar-refractivity contribution is 5.95. The van der Waals surface area contributed by atoms with Gasteiger partial charge in [-0.05, 0) is 24.6 Å². The van der Waals surface area contributed by atoms with Crippen molar-refractivity contribution in [2.75, 3.05) is 12.3 Å². The van der Waals surface area contributed by atoms with Crippen molar-refractivity contribution in [2.45, 2.75) is 20.3 Å². The molecule has 0 saturated carbocycles. The van der Waals surface area contributed by atoms with Crippen LogP contribution in [0.15, 0.2) is 12.1 Å². The second-order valence-corrected chi connectivity index (χ2v) is 4.11. The number of aromatic carboxylic acids is 1. The van der Waals surface area contributed by atoms with Crippen molar-refractivity contribution in [3.8, 4) is 11.8 Å². The maximum atomic E-state index is 11.0. The van der Waals surface area contributed by atoms with E-state index in [4.69, 9.17) is 10.8 Å². The molecule has 1 rings (SSSR count). The Hall–Kier alpha value is -2.48. The molecular formula is C14H16N2O3. The zero-order valence-electron chi connectivity index (χ0n) is 10.9. The van der Waals surface area contributed by atoms with E-state index in [-0.39, 0.29) is 17.2 Å². The summed E-state index contributed by atoms with van der Waals surface area (Å²) in [4.78, 5) is 21.7. The van der Waals surface area contributed by atoms with Crippen LogP contribution in [0.3, 0.4) is 0 Å². The maximum absolute atomic E-state index is 11.0. The van der Waals surface area contributed by atoms with Gasteiger partial charge in [0.15, 0.2) is 0 Å². The lowest BCUT2D eigenvalue weighted by molar-refractivity contribution is -0.118. The van der Waals surface area contributed by atoms with E-state index < -0.39 is 5.97 Å². The topological polar surface area (TPSA) is 92.4 Å². The third kappa shape index (κ3) is 4.36. The summed E-state index contributed by atoms with van der Waals surface area (Å²) < 4.78 is 0. The van der Waals surface area contributed by atoms with Crippen LogP contribution in [0.4, 0.5) is 5.69 Å². The molecule has 0 radical (unpaired) electrons. The third-order valence-electron chi connectivity index (χ3n) is 2.40. The molecule has 5 heteroatoms. The number of benzene rings is 1. The zero-order valence-corrected chi connectivity index (χ0v) is 10.9. The Kier molecular flexibility index (Phi) is 4.95. The predicted octanol–water partition coefficient (Wildman–Crippen LogP) is 1.15. The molecule has 1 amide bonds. The third-order valence-corrected chi connectivity index (χ3v) is 2.40. The second kappa shape index (κ2) is 6.45. The van der Waals surface area contributed by atoms with Crippen LogP contribution in [0.25, 0.3) is 0 Å². The number of carboxylic acid groups (broad SMARTS) is 1. The molecule has 0 spiro atoms. The molecule has 19 heavy (non-hydrogen) atoms. The first-order valence-electron chi connectivity index (χ1n) is 5.78. The van der Waals surface area contributed by atoms with Crippen molar-refractivity contribution in [1.82, 2.24) is 5.32 Å². The van der Waals surface area contributed by atoms with Gasteiger partial charge in [-0.3, -0.25) is 4.79 Å². The zero-order chi connectivity index (χ0) is 14.4. The number of carbonyl (C=O) groups excluding carboxylic acids is 1. The quantitative estimate of drug-likeness (QED) is 0.432. The lowest BCUT2D eigenvalue weighted by Crippen LogP contribution is -2.20. The minimum Gasteiger partial charge on any atom is -0.478 e. The summed E-state index contributed by atoms with van der Waals surface area (Å²) >= 11 is 0. The molecule has 4 N–H and O–H groups in total. The van der Waals surface area contributed by atoms with Crippen LogP contribution in [0.1, 0.15) is 34.8 Å². The minimum atomic E-state index is -1.07. The van der Waals surface area contributed by atoms with Crippen molar-refractivity contribution >= 4 is 17.6 Å². The number of rotatable bonds is 3. The Morgan fingerprint density at radius 1 is 1.42 bits per heavy atom. The van der Waals surface area contributed by atoms with Crippen LogP contribution < -0.4 is 11.1 Å². The van der Waals surface area contributed by atoms with E-state index in [1.165, 1.54) is 13.0 Å². The standard InChI is InChI=1S/C14H16N2O3/c1-9-7-11(5-3-4-6-16-10(2)17)13(15)12(8-9)14(18)19/h7-8H,4,6,15H2,1-2H3,(H,16,17)(H,18,19).